The van der Waals surface area contributed by atoms with Crippen LogP contribution in [0.1, 0.15) is 16.7 Å². The summed E-state index contributed by atoms with van der Waals surface area (Å²) in [6.45, 7) is 2.04. The second kappa shape index (κ2) is 5.09. The fourth-order valence-electron chi connectivity index (χ4n) is 1.65. The van der Waals surface area contributed by atoms with Crippen LogP contribution in [-0.4, -0.2) is 4.98 Å². The van der Waals surface area contributed by atoms with Gasteiger partial charge < -0.3 is 0 Å². The lowest BCUT2D eigenvalue weighted by atomic mass is 9.98. The summed E-state index contributed by atoms with van der Waals surface area (Å²) in [6.07, 6.45) is 5.05. The molecule has 2 rings (SSSR count). The number of benzene rings is 1. The average molecular weight is 220 g/mol. The molecule has 0 saturated carbocycles. The van der Waals surface area contributed by atoms with E-state index in [0.29, 0.717) is 0 Å². The molecular weight excluding hydrogens is 208 g/mol. The van der Waals surface area contributed by atoms with E-state index in [1.54, 1.807) is 18.5 Å². The first-order valence-corrected chi connectivity index (χ1v) is 5.38. The van der Waals surface area contributed by atoms with E-state index >= 15 is 0 Å². The summed E-state index contributed by atoms with van der Waals surface area (Å²) in [5, 5.41) is 8.87. The van der Waals surface area contributed by atoms with E-state index in [1.807, 2.05) is 43.3 Å². The smallest absolute Gasteiger partial charge is 0.0918 e. The summed E-state index contributed by atoms with van der Waals surface area (Å²) >= 11 is 0. The Bertz CT molecular complexity index is 560. The number of pyridine rings is 1. The van der Waals surface area contributed by atoms with Crippen LogP contribution in [-0.2, 0) is 0 Å². The topological polar surface area (TPSA) is 36.7 Å². The number of nitrogens with zero attached hydrogens (tertiary/aromatic N) is 2. The van der Waals surface area contributed by atoms with Gasteiger partial charge in [0.15, 0.2) is 0 Å². The number of hydrogen-bond donors (Lipinski definition) is 0. The molecule has 0 aliphatic rings. The molecule has 17 heavy (non-hydrogen) atoms. The quantitative estimate of drug-likeness (QED) is 0.728. The van der Waals surface area contributed by atoms with Gasteiger partial charge in [0, 0.05) is 29.6 Å². The lowest BCUT2D eigenvalue weighted by Gasteiger charge is -2.06. The largest absolute Gasteiger partial charge is 0.264 e. The van der Waals surface area contributed by atoms with Crippen molar-refractivity contribution >= 4 is 5.57 Å². The predicted molar refractivity (Wildman–Crippen MR) is 68.1 cm³/mol. The molecule has 1 aromatic heterocycles. The molecule has 0 unspecified atom stereocenters. The van der Waals surface area contributed by atoms with Gasteiger partial charge >= 0.3 is 0 Å². The van der Waals surface area contributed by atoms with Gasteiger partial charge in [-0.05, 0) is 18.6 Å². The van der Waals surface area contributed by atoms with Crippen molar-refractivity contribution in [3.63, 3.8) is 0 Å². The molecule has 2 aromatic rings. The molecule has 82 valence electrons. The van der Waals surface area contributed by atoms with Crippen molar-refractivity contribution in [2.24, 2.45) is 0 Å². The minimum atomic E-state index is 0.903. The van der Waals surface area contributed by atoms with Crippen molar-refractivity contribution in [2.45, 2.75) is 6.92 Å². The normalized spacial score (nSPS) is 10.9. The van der Waals surface area contributed by atoms with E-state index in [-0.39, 0.29) is 0 Å². The Balaban J connectivity index is 2.48. The predicted octanol–water partition coefficient (Wildman–Crippen LogP) is 3.35. The summed E-state index contributed by atoms with van der Waals surface area (Å²) < 4.78 is 0. The standard InChI is InChI=1S/C15H12N2/c1-12-4-6-13(7-5-12)15(8-9-16)14-3-2-10-17-11-14/h2-8,10-11H,1H3/b15-8-. The molecule has 0 radical (unpaired) electrons. The van der Waals surface area contributed by atoms with Gasteiger partial charge in [-0.3, -0.25) is 4.98 Å². The molecule has 0 bridgehead atoms. The van der Waals surface area contributed by atoms with Gasteiger partial charge in [-0.1, -0.05) is 35.9 Å². The van der Waals surface area contributed by atoms with Crippen LogP contribution in [0.15, 0.2) is 54.9 Å². The average Bonchev–Trinajstić information content (AvgIpc) is 2.38. The Morgan fingerprint density at radius 1 is 1.18 bits per heavy atom. The molecule has 0 N–H and O–H groups in total. The van der Waals surface area contributed by atoms with Crippen molar-refractivity contribution < 1.29 is 0 Å². The third kappa shape index (κ3) is 2.59. The molecule has 0 spiro atoms. The van der Waals surface area contributed by atoms with E-state index in [0.717, 1.165) is 16.7 Å². The molecule has 0 aliphatic heterocycles. The fraction of sp³-hybridized carbons (Fsp3) is 0.0667. The third-order valence-electron chi connectivity index (χ3n) is 2.54. The molecule has 1 heterocycles. The van der Waals surface area contributed by atoms with Crippen LogP contribution in [0.2, 0.25) is 0 Å². The maximum atomic E-state index is 8.87. The number of aryl methyl sites for hydroxylation is 1. The van der Waals surface area contributed by atoms with Crippen molar-refractivity contribution in [2.75, 3.05) is 0 Å². The Kier molecular flexibility index (Phi) is 3.32. The molecule has 0 saturated heterocycles. The van der Waals surface area contributed by atoms with E-state index < -0.39 is 0 Å². The summed E-state index contributed by atoms with van der Waals surface area (Å²) in [5.41, 5.74) is 4.10. The second-order valence-corrected chi connectivity index (χ2v) is 3.79. The first kappa shape index (κ1) is 11.1. The second-order valence-electron chi connectivity index (χ2n) is 3.79. The number of rotatable bonds is 2. The maximum absolute atomic E-state index is 8.87. The summed E-state index contributed by atoms with van der Waals surface area (Å²) in [4.78, 5) is 4.08. The minimum Gasteiger partial charge on any atom is -0.264 e. The van der Waals surface area contributed by atoms with Crippen LogP contribution in [0.5, 0.6) is 0 Å². The van der Waals surface area contributed by atoms with Crippen LogP contribution in [0, 0.1) is 18.3 Å². The number of aromatic nitrogens is 1. The van der Waals surface area contributed by atoms with Gasteiger partial charge in [0.2, 0.25) is 0 Å². The molecule has 0 atom stereocenters. The Labute approximate surface area is 101 Å². The van der Waals surface area contributed by atoms with E-state index in [4.69, 9.17) is 5.26 Å². The Morgan fingerprint density at radius 3 is 2.53 bits per heavy atom. The summed E-state index contributed by atoms with van der Waals surface area (Å²) in [5.74, 6) is 0. The van der Waals surface area contributed by atoms with Crippen molar-refractivity contribution in [3.8, 4) is 6.07 Å². The van der Waals surface area contributed by atoms with Crippen molar-refractivity contribution in [3.05, 3.63) is 71.6 Å². The summed E-state index contributed by atoms with van der Waals surface area (Å²) in [7, 11) is 0. The first-order valence-electron chi connectivity index (χ1n) is 5.38. The van der Waals surface area contributed by atoms with Gasteiger partial charge in [-0.15, -0.1) is 0 Å². The highest BCUT2D eigenvalue weighted by molar-refractivity contribution is 5.80. The molecule has 1 aromatic carbocycles. The fourth-order valence-corrected chi connectivity index (χ4v) is 1.65. The Hall–Kier alpha value is -2.40. The first-order chi connectivity index (χ1) is 8.31. The number of hydrogen-bond acceptors (Lipinski definition) is 2. The van der Waals surface area contributed by atoms with Gasteiger partial charge in [0.25, 0.3) is 0 Å². The van der Waals surface area contributed by atoms with Crippen molar-refractivity contribution in [1.82, 2.24) is 4.98 Å². The van der Waals surface area contributed by atoms with Crippen LogP contribution in [0.25, 0.3) is 5.57 Å². The highest BCUT2D eigenvalue weighted by atomic mass is 14.6. The van der Waals surface area contributed by atoms with Gasteiger partial charge in [0.05, 0.1) is 6.07 Å². The minimum absolute atomic E-state index is 0.903. The molecule has 0 amide bonds. The lowest BCUT2D eigenvalue weighted by Crippen LogP contribution is -1.88. The SMILES string of the molecule is Cc1ccc(/C(=C/C#N)c2cccnc2)cc1. The van der Waals surface area contributed by atoms with Gasteiger partial charge in [0.1, 0.15) is 0 Å². The zero-order valence-corrected chi connectivity index (χ0v) is 9.59. The number of allylic oxidation sites excluding steroid dienone is 1. The van der Waals surface area contributed by atoms with Crippen molar-refractivity contribution in [1.29, 1.82) is 5.26 Å². The van der Waals surface area contributed by atoms with Crippen LogP contribution < -0.4 is 0 Å². The molecule has 0 fully saturated rings. The zero-order valence-electron chi connectivity index (χ0n) is 9.59. The summed E-state index contributed by atoms with van der Waals surface area (Å²) in [6, 6.07) is 14.0. The van der Waals surface area contributed by atoms with Crippen LogP contribution in [0.3, 0.4) is 0 Å². The molecular formula is C15H12N2. The monoisotopic (exact) mass is 220 g/mol. The Morgan fingerprint density at radius 2 is 1.94 bits per heavy atom. The third-order valence-corrected chi connectivity index (χ3v) is 2.54. The number of nitriles is 1. The molecule has 2 heteroatoms. The van der Waals surface area contributed by atoms with Gasteiger partial charge in [-0.25, -0.2) is 0 Å². The highest BCUT2D eigenvalue weighted by Crippen LogP contribution is 2.22. The maximum Gasteiger partial charge on any atom is 0.0918 e. The molecule has 2 nitrogen and oxygen atoms in total. The van der Waals surface area contributed by atoms with Crippen LogP contribution >= 0.6 is 0 Å². The van der Waals surface area contributed by atoms with E-state index in [1.165, 1.54) is 5.56 Å². The lowest BCUT2D eigenvalue weighted by molar-refractivity contribution is 1.31. The zero-order chi connectivity index (χ0) is 12.1. The van der Waals surface area contributed by atoms with Gasteiger partial charge in [-0.2, -0.15) is 5.26 Å². The highest BCUT2D eigenvalue weighted by Gasteiger charge is 2.04. The molecule has 0 aliphatic carbocycles. The van der Waals surface area contributed by atoms with E-state index in [9.17, 15) is 0 Å². The van der Waals surface area contributed by atoms with Crippen LogP contribution in [0.4, 0.5) is 0 Å². The van der Waals surface area contributed by atoms with E-state index in [2.05, 4.69) is 11.1 Å².